The molecule has 1 heterocycles. The van der Waals surface area contributed by atoms with Gasteiger partial charge in [0.15, 0.2) is 0 Å². The number of nitrogens with two attached hydrogens (primary N) is 1. The summed E-state index contributed by atoms with van der Waals surface area (Å²) in [5.41, 5.74) is 8.19. The van der Waals surface area contributed by atoms with Gasteiger partial charge in [-0.1, -0.05) is 12.1 Å². The Morgan fingerprint density at radius 2 is 1.95 bits per heavy atom. The standard InChI is InChI=1S/C15H17N3O2/c1-18(13-7-8-14(16)17-9-13)10-11-3-5-12(6-4-11)15(19)20-2/h3-9H,10H2,1-2H3,(H2,16,17). The smallest absolute Gasteiger partial charge is 0.337 e. The molecule has 5 heteroatoms. The fraction of sp³-hybridized carbons (Fsp3) is 0.200. The van der Waals surface area contributed by atoms with Gasteiger partial charge in [0.25, 0.3) is 0 Å². The molecule has 0 atom stereocenters. The van der Waals surface area contributed by atoms with Crippen molar-refractivity contribution in [2.24, 2.45) is 0 Å². The molecular weight excluding hydrogens is 254 g/mol. The third-order valence-electron chi connectivity index (χ3n) is 3.01. The molecule has 0 saturated heterocycles. The van der Waals surface area contributed by atoms with E-state index < -0.39 is 0 Å². The highest BCUT2D eigenvalue weighted by Gasteiger charge is 2.06. The predicted octanol–water partition coefficient (Wildman–Crippen LogP) is 2.09. The number of hydrogen-bond donors (Lipinski definition) is 1. The zero-order valence-corrected chi connectivity index (χ0v) is 11.5. The molecular formula is C15H17N3O2. The van der Waals surface area contributed by atoms with Crippen LogP contribution in [0.2, 0.25) is 0 Å². The van der Waals surface area contributed by atoms with Crippen LogP contribution in [0.5, 0.6) is 0 Å². The molecule has 2 aromatic rings. The number of rotatable bonds is 4. The summed E-state index contributed by atoms with van der Waals surface area (Å²) in [6.07, 6.45) is 1.73. The summed E-state index contributed by atoms with van der Waals surface area (Å²) in [6, 6.07) is 11.0. The maximum atomic E-state index is 11.3. The van der Waals surface area contributed by atoms with Crippen molar-refractivity contribution in [1.29, 1.82) is 0 Å². The summed E-state index contributed by atoms with van der Waals surface area (Å²) in [5, 5.41) is 0. The molecule has 2 N–H and O–H groups in total. The lowest BCUT2D eigenvalue weighted by Gasteiger charge is -2.19. The van der Waals surface area contributed by atoms with E-state index in [1.54, 1.807) is 24.4 Å². The predicted molar refractivity (Wildman–Crippen MR) is 78.5 cm³/mol. The average Bonchev–Trinajstić information content (AvgIpc) is 2.48. The Morgan fingerprint density at radius 1 is 1.25 bits per heavy atom. The van der Waals surface area contributed by atoms with Gasteiger partial charge < -0.3 is 15.4 Å². The average molecular weight is 271 g/mol. The minimum atomic E-state index is -0.326. The molecule has 0 fully saturated rings. The van der Waals surface area contributed by atoms with E-state index in [0.717, 1.165) is 11.3 Å². The normalized spacial score (nSPS) is 10.1. The van der Waals surface area contributed by atoms with Gasteiger partial charge in [-0.05, 0) is 29.8 Å². The van der Waals surface area contributed by atoms with E-state index in [0.29, 0.717) is 17.9 Å². The van der Waals surface area contributed by atoms with Crippen LogP contribution in [-0.2, 0) is 11.3 Å². The fourth-order valence-corrected chi connectivity index (χ4v) is 1.85. The molecule has 5 nitrogen and oxygen atoms in total. The largest absolute Gasteiger partial charge is 0.465 e. The SMILES string of the molecule is COC(=O)c1ccc(CN(C)c2ccc(N)nc2)cc1. The van der Waals surface area contributed by atoms with Gasteiger partial charge in [0, 0.05) is 13.6 Å². The first-order chi connectivity index (χ1) is 9.60. The van der Waals surface area contributed by atoms with Crippen LogP contribution in [0.25, 0.3) is 0 Å². The Kier molecular flexibility index (Phi) is 4.20. The summed E-state index contributed by atoms with van der Waals surface area (Å²) in [6.45, 7) is 0.715. The van der Waals surface area contributed by atoms with Crippen LogP contribution >= 0.6 is 0 Å². The lowest BCUT2D eigenvalue weighted by molar-refractivity contribution is 0.0600. The van der Waals surface area contributed by atoms with E-state index in [4.69, 9.17) is 5.73 Å². The van der Waals surface area contributed by atoms with Gasteiger partial charge in [0.2, 0.25) is 0 Å². The van der Waals surface area contributed by atoms with Gasteiger partial charge in [-0.25, -0.2) is 9.78 Å². The number of nitrogen functional groups attached to an aromatic ring is 1. The molecule has 104 valence electrons. The number of aromatic nitrogens is 1. The highest BCUT2D eigenvalue weighted by Crippen LogP contribution is 2.15. The molecule has 0 bridgehead atoms. The van der Waals surface area contributed by atoms with Crippen LogP contribution in [0, 0.1) is 0 Å². The Morgan fingerprint density at radius 3 is 2.50 bits per heavy atom. The maximum Gasteiger partial charge on any atom is 0.337 e. The molecule has 0 aliphatic rings. The molecule has 0 aliphatic carbocycles. The third-order valence-corrected chi connectivity index (χ3v) is 3.01. The van der Waals surface area contributed by atoms with Gasteiger partial charge in [0.1, 0.15) is 5.82 Å². The molecule has 20 heavy (non-hydrogen) atoms. The first kappa shape index (κ1) is 13.9. The number of pyridine rings is 1. The van der Waals surface area contributed by atoms with E-state index in [1.165, 1.54) is 7.11 Å². The number of methoxy groups -OCH3 is 1. The van der Waals surface area contributed by atoms with Crippen LogP contribution in [0.15, 0.2) is 42.6 Å². The van der Waals surface area contributed by atoms with Gasteiger partial charge in [-0.15, -0.1) is 0 Å². The van der Waals surface area contributed by atoms with Crippen molar-refractivity contribution in [3.8, 4) is 0 Å². The first-order valence-electron chi connectivity index (χ1n) is 6.20. The molecule has 0 spiro atoms. The number of carbonyl (C=O) groups excluding carboxylic acids is 1. The summed E-state index contributed by atoms with van der Waals surface area (Å²) < 4.78 is 4.67. The molecule has 2 rings (SSSR count). The van der Waals surface area contributed by atoms with Crippen molar-refractivity contribution < 1.29 is 9.53 Å². The van der Waals surface area contributed by atoms with E-state index in [1.807, 2.05) is 25.2 Å². The minimum absolute atomic E-state index is 0.326. The van der Waals surface area contributed by atoms with Crippen molar-refractivity contribution in [2.75, 3.05) is 24.8 Å². The lowest BCUT2D eigenvalue weighted by Crippen LogP contribution is -2.16. The highest BCUT2D eigenvalue weighted by atomic mass is 16.5. The quantitative estimate of drug-likeness (QED) is 0.862. The Balaban J connectivity index is 2.06. The molecule has 1 aromatic heterocycles. The van der Waals surface area contributed by atoms with E-state index >= 15 is 0 Å². The van der Waals surface area contributed by atoms with Gasteiger partial charge in [-0.2, -0.15) is 0 Å². The molecule has 0 saturated carbocycles. The number of anilines is 2. The topological polar surface area (TPSA) is 68.5 Å². The van der Waals surface area contributed by atoms with Crippen molar-refractivity contribution in [2.45, 2.75) is 6.54 Å². The number of nitrogens with zero attached hydrogens (tertiary/aromatic N) is 2. The molecule has 0 aliphatic heterocycles. The molecule has 0 amide bonds. The van der Waals surface area contributed by atoms with Crippen molar-refractivity contribution >= 4 is 17.5 Å². The Labute approximate surface area is 118 Å². The van der Waals surface area contributed by atoms with Crippen LogP contribution in [0.1, 0.15) is 15.9 Å². The van der Waals surface area contributed by atoms with Crippen LogP contribution < -0.4 is 10.6 Å². The highest BCUT2D eigenvalue weighted by molar-refractivity contribution is 5.89. The third kappa shape index (κ3) is 3.26. The number of benzene rings is 1. The summed E-state index contributed by atoms with van der Waals surface area (Å²) >= 11 is 0. The zero-order chi connectivity index (χ0) is 14.5. The fourth-order valence-electron chi connectivity index (χ4n) is 1.85. The Bertz CT molecular complexity index is 579. The van der Waals surface area contributed by atoms with Gasteiger partial charge in [0.05, 0.1) is 24.6 Å². The minimum Gasteiger partial charge on any atom is -0.465 e. The second-order valence-electron chi connectivity index (χ2n) is 4.49. The lowest BCUT2D eigenvalue weighted by atomic mass is 10.1. The first-order valence-corrected chi connectivity index (χ1v) is 6.20. The number of carbonyl (C=O) groups is 1. The number of esters is 1. The van der Waals surface area contributed by atoms with Crippen molar-refractivity contribution in [3.63, 3.8) is 0 Å². The zero-order valence-electron chi connectivity index (χ0n) is 11.5. The number of ether oxygens (including phenoxy) is 1. The van der Waals surface area contributed by atoms with Crippen LogP contribution in [0.3, 0.4) is 0 Å². The van der Waals surface area contributed by atoms with Crippen LogP contribution in [0.4, 0.5) is 11.5 Å². The van der Waals surface area contributed by atoms with Crippen molar-refractivity contribution in [1.82, 2.24) is 4.98 Å². The monoisotopic (exact) mass is 271 g/mol. The summed E-state index contributed by atoms with van der Waals surface area (Å²) in [4.78, 5) is 17.5. The summed E-state index contributed by atoms with van der Waals surface area (Å²) in [5.74, 6) is 0.178. The molecule has 0 radical (unpaired) electrons. The Hall–Kier alpha value is -2.56. The van der Waals surface area contributed by atoms with Gasteiger partial charge >= 0.3 is 5.97 Å². The second-order valence-corrected chi connectivity index (χ2v) is 4.49. The van der Waals surface area contributed by atoms with Crippen LogP contribution in [-0.4, -0.2) is 25.1 Å². The second kappa shape index (κ2) is 6.06. The van der Waals surface area contributed by atoms with Gasteiger partial charge in [-0.3, -0.25) is 0 Å². The van der Waals surface area contributed by atoms with E-state index in [2.05, 4.69) is 14.6 Å². The maximum absolute atomic E-state index is 11.3. The molecule has 1 aromatic carbocycles. The van der Waals surface area contributed by atoms with E-state index in [-0.39, 0.29) is 5.97 Å². The van der Waals surface area contributed by atoms with Crippen molar-refractivity contribution in [3.05, 3.63) is 53.7 Å². The summed E-state index contributed by atoms with van der Waals surface area (Å²) in [7, 11) is 3.35. The van der Waals surface area contributed by atoms with E-state index in [9.17, 15) is 4.79 Å². The molecule has 0 unspecified atom stereocenters. The number of hydrogen-bond acceptors (Lipinski definition) is 5.